The molecule has 1 heterocycles. The number of nitrogens with two attached hydrogens (primary N) is 1. The van der Waals surface area contributed by atoms with Gasteiger partial charge in [0.1, 0.15) is 0 Å². The maximum Gasteiger partial charge on any atom is 0.480 e. The summed E-state index contributed by atoms with van der Waals surface area (Å²) in [7, 11) is -1.39. The van der Waals surface area contributed by atoms with Crippen LogP contribution in [0.1, 0.15) is 64.2 Å². The van der Waals surface area contributed by atoms with Gasteiger partial charge in [0.15, 0.2) is 0 Å². The fourth-order valence-corrected chi connectivity index (χ4v) is 5.71. The van der Waals surface area contributed by atoms with E-state index in [2.05, 4.69) is 4.90 Å². The number of carbonyl (C=O) groups excluding carboxylic acids is 1. The Bertz CT molecular complexity index is 506. The maximum absolute atomic E-state index is 13.0. The molecule has 0 aromatic carbocycles. The van der Waals surface area contributed by atoms with Crippen molar-refractivity contribution in [2.45, 2.75) is 64.2 Å². The molecule has 0 spiro atoms. The zero-order valence-corrected chi connectivity index (χ0v) is 16.6. The van der Waals surface area contributed by atoms with E-state index in [-0.39, 0.29) is 5.92 Å². The molecule has 0 bridgehead atoms. The van der Waals surface area contributed by atoms with Gasteiger partial charge in [-0.2, -0.15) is 0 Å². The van der Waals surface area contributed by atoms with Crippen molar-refractivity contribution >= 4 is 13.0 Å². The molecular formula is C21H37BN2O3. The molecule has 0 aromatic rings. The fourth-order valence-electron chi connectivity index (χ4n) is 5.71. The average molecular weight is 376 g/mol. The van der Waals surface area contributed by atoms with Crippen LogP contribution in [0.4, 0.5) is 0 Å². The summed E-state index contributed by atoms with van der Waals surface area (Å²) in [5.74, 6) is 4.48. The number of nitrogens with zero attached hydrogens (tertiary/aromatic N) is 1. The van der Waals surface area contributed by atoms with Crippen LogP contribution in [0.3, 0.4) is 0 Å². The van der Waals surface area contributed by atoms with E-state index in [0.717, 1.165) is 70.0 Å². The van der Waals surface area contributed by atoms with Gasteiger partial charge in [0.05, 0.1) is 0 Å². The topological polar surface area (TPSA) is 86.8 Å². The molecule has 3 fully saturated rings. The summed E-state index contributed by atoms with van der Waals surface area (Å²) in [5.41, 5.74) is 5.90. The number of amides is 1. The van der Waals surface area contributed by atoms with Crippen molar-refractivity contribution in [2.75, 3.05) is 19.6 Å². The second-order valence-corrected chi connectivity index (χ2v) is 9.11. The molecule has 4 atom stereocenters. The number of likely N-dealkylation sites (tertiary alicyclic amines) is 1. The molecule has 27 heavy (non-hydrogen) atoms. The van der Waals surface area contributed by atoms with E-state index in [1.54, 1.807) is 0 Å². The Balaban J connectivity index is 1.46. The second-order valence-electron chi connectivity index (χ2n) is 9.11. The van der Waals surface area contributed by atoms with Gasteiger partial charge >= 0.3 is 7.12 Å². The molecular weight excluding hydrogens is 339 g/mol. The molecule has 2 aliphatic carbocycles. The first kappa shape index (κ1) is 20.9. The zero-order chi connectivity index (χ0) is 19.2. The van der Waals surface area contributed by atoms with E-state index in [4.69, 9.17) is 15.8 Å². The van der Waals surface area contributed by atoms with Crippen LogP contribution in [0.25, 0.3) is 0 Å². The van der Waals surface area contributed by atoms with Gasteiger partial charge in [-0.3, -0.25) is 4.79 Å². The number of carbonyl (C=O) groups is 1. The largest absolute Gasteiger partial charge is 0.480 e. The quantitative estimate of drug-likeness (QED) is 0.643. The van der Waals surface area contributed by atoms with Crippen LogP contribution < -0.4 is 5.73 Å². The summed E-state index contributed by atoms with van der Waals surface area (Å²) >= 11 is 0. The summed E-state index contributed by atoms with van der Waals surface area (Å²) in [4.78, 5) is 15.1. The molecule has 152 valence electrons. The molecule has 4 unspecified atom stereocenters. The molecule has 3 aliphatic rings. The third-order valence-corrected chi connectivity index (χ3v) is 7.29. The van der Waals surface area contributed by atoms with E-state index in [1.165, 1.54) is 31.7 Å². The van der Waals surface area contributed by atoms with Crippen LogP contribution in [0.5, 0.6) is 0 Å². The van der Waals surface area contributed by atoms with Crippen LogP contribution in [0.2, 0.25) is 0 Å². The van der Waals surface area contributed by atoms with E-state index in [9.17, 15) is 4.79 Å². The summed E-state index contributed by atoms with van der Waals surface area (Å²) in [6, 6.07) is 0. The Morgan fingerprint density at radius 2 is 1.74 bits per heavy atom. The number of piperidine rings is 1. The zero-order valence-electron chi connectivity index (χ0n) is 16.6. The molecule has 3 rings (SSSR count). The molecule has 4 N–H and O–H groups in total. The van der Waals surface area contributed by atoms with Crippen LogP contribution in [0, 0.1) is 29.6 Å². The second kappa shape index (κ2) is 10.1. The lowest BCUT2D eigenvalue weighted by molar-refractivity contribution is -0.138. The van der Waals surface area contributed by atoms with Crippen LogP contribution in [-0.4, -0.2) is 47.6 Å². The molecule has 0 radical (unpaired) electrons. The summed E-state index contributed by atoms with van der Waals surface area (Å²) in [6.45, 7) is 2.66. The molecule has 1 aliphatic heterocycles. The highest BCUT2D eigenvalue weighted by atomic mass is 16.4. The molecule has 0 aromatic heterocycles. The van der Waals surface area contributed by atoms with Crippen molar-refractivity contribution in [1.29, 1.82) is 0 Å². The standard InChI is InChI=1S/C21H37BN2O3/c23-15-17-4-2-5-19(14-17)18-8-11-24(12-9-18)21(25)20-6-1-3-16(13-20)7-10-22(26)27/h7,10,16-20,26-27H,1-6,8-9,11-15,23H2/b10-7+. The normalized spacial score (nSPS) is 33.4. The van der Waals surface area contributed by atoms with Gasteiger partial charge in [0.25, 0.3) is 0 Å². The van der Waals surface area contributed by atoms with Gasteiger partial charge in [0.2, 0.25) is 5.91 Å². The lowest BCUT2D eigenvalue weighted by Crippen LogP contribution is -2.44. The molecule has 1 saturated heterocycles. The predicted molar refractivity (Wildman–Crippen MR) is 109 cm³/mol. The Hall–Kier alpha value is -0.845. The maximum atomic E-state index is 13.0. The fraction of sp³-hybridized carbons (Fsp3) is 0.857. The van der Waals surface area contributed by atoms with Gasteiger partial charge in [0, 0.05) is 19.0 Å². The van der Waals surface area contributed by atoms with Crippen molar-refractivity contribution in [3.05, 3.63) is 12.1 Å². The van der Waals surface area contributed by atoms with Gasteiger partial charge < -0.3 is 20.7 Å². The number of allylic oxidation sites excluding steroid dienone is 1. The van der Waals surface area contributed by atoms with Crippen molar-refractivity contribution in [3.63, 3.8) is 0 Å². The Kier molecular flexibility index (Phi) is 7.80. The Labute approximate surface area is 164 Å². The highest BCUT2D eigenvalue weighted by Gasteiger charge is 2.34. The first-order valence-electron chi connectivity index (χ1n) is 11.1. The van der Waals surface area contributed by atoms with Crippen molar-refractivity contribution < 1.29 is 14.8 Å². The minimum atomic E-state index is -1.39. The van der Waals surface area contributed by atoms with Crippen LogP contribution in [0.15, 0.2) is 12.1 Å². The van der Waals surface area contributed by atoms with E-state index in [0.29, 0.717) is 17.7 Å². The molecule has 5 nitrogen and oxygen atoms in total. The lowest BCUT2D eigenvalue weighted by Gasteiger charge is -2.41. The van der Waals surface area contributed by atoms with Crippen LogP contribution in [-0.2, 0) is 4.79 Å². The SMILES string of the molecule is NCC1CCCC(C2CCN(C(=O)C3CCCC(/C=C/B(O)O)C3)CC2)C1. The minimum absolute atomic E-state index is 0.108. The summed E-state index contributed by atoms with van der Waals surface area (Å²) in [5, 5.41) is 18.0. The monoisotopic (exact) mass is 376 g/mol. The van der Waals surface area contributed by atoms with Crippen LogP contribution >= 0.6 is 0 Å². The van der Waals surface area contributed by atoms with E-state index < -0.39 is 7.12 Å². The van der Waals surface area contributed by atoms with E-state index >= 15 is 0 Å². The third kappa shape index (κ3) is 5.82. The Morgan fingerprint density at radius 1 is 1.00 bits per heavy atom. The smallest absolute Gasteiger partial charge is 0.424 e. The van der Waals surface area contributed by atoms with Crippen molar-refractivity contribution in [1.82, 2.24) is 4.90 Å². The first-order valence-corrected chi connectivity index (χ1v) is 11.1. The van der Waals surface area contributed by atoms with E-state index in [1.807, 2.05) is 6.08 Å². The van der Waals surface area contributed by atoms with Crippen molar-refractivity contribution in [2.24, 2.45) is 35.3 Å². The first-order chi connectivity index (χ1) is 13.1. The van der Waals surface area contributed by atoms with Gasteiger partial charge in [-0.1, -0.05) is 31.3 Å². The Morgan fingerprint density at radius 3 is 2.44 bits per heavy atom. The number of hydrogen-bond donors (Lipinski definition) is 3. The highest BCUT2D eigenvalue weighted by Crippen LogP contribution is 2.39. The van der Waals surface area contributed by atoms with Crippen molar-refractivity contribution in [3.8, 4) is 0 Å². The van der Waals surface area contributed by atoms with Gasteiger partial charge in [-0.15, -0.1) is 0 Å². The minimum Gasteiger partial charge on any atom is -0.424 e. The predicted octanol–water partition coefficient (Wildman–Crippen LogP) is 2.36. The summed E-state index contributed by atoms with van der Waals surface area (Å²) < 4.78 is 0. The van der Waals surface area contributed by atoms with Gasteiger partial charge in [-0.05, 0) is 75.2 Å². The number of rotatable bonds is 5. The number of hydrogen-bond acceptors (Lipinski definition) is 4. The molecule has 2 saturated carbocycles. The summed E-state index contributed by atoms with van der Waals surface area (Å²) in [6.07, 6.45) is 13.4. The van der Waals surface area contributed by atoms with Gasteiger partial charge in [-0.25, -0.2) is 0 Å². The molecule has 6 heteroatoms. The third-order valence-electron chi connectivity index (χ3n) is 7.29. The highest BCUT2D eigenvalue weighted by molar-refractivity contribution is 6.47. The molecule has 1 amide bonds. The average Bonchev–Trinajstić information content (AvgIpc) is 2.72. The lowest BCUT2D eigenvalue weighted by atomic mass is 9.72.